The van der Waals surface area contributed by atoms with Gasteiger partial charge in [-0.15, -0.1) is 0 Å². The van der Waals surface area contributed by atoms with Gasteiger partial charge in [0.15, 0.2) is 0 Å². The Morgan fingerprint density at radius 3 is 2.61 bits per heavy atom. The van der Waals surface area contributed by atoms with Gasteiger partial charge in [0, 0.05) is 12.2 Å². The summed E-state index contributed by atoms with van der Waals surface area (Å²) in [6.45, 7) is 6.29. The molecule has 3 rings (SSSR count). The lowest BCUT2D eigenvalue weighted by atomic mass is 10.1. The number of carbonyl (C=O) groups excluding carboxylic acids is 2. The molecule has 6 nitrogen and oxygen atoms in total. The first-order valence-electron chi connectivity index (χ1n) is 10.7. The molecule has 0 aromatic heterocycles. The highest BCUT2D eigenvalue weighted by Gasteiger charge is 2.27. The van der Waals surface area contributed by atoms with Crippen molar-refractivity contribution in [3.8, 4) is 0 Å². The smallest absolute Gasteiger partial charge is 0.238 e. The number of hydrogen-bond acceptors (Lipinski definition) is 4. The van der Waals surface area contributed by atoms with Crippen LogP contribution in [0.4, 0.5) is 10.1 Å². The number of hydrogen-bond donors (Lipinski definition) is 1. The van der Waals surface area contributed by atoms with Crippen molar-refractivity contribution in [2.24, 2.45) is 0 Å². The number of ether oxygens (including phenoxy) is 1. The Morgan fingerprint density at radius 1 is 1.16 bits per heavy atom. The molecule has 1 heterocycles. The van der Waals surface area contributed by atoms with Gasteiger partial charge in [-0.1, -0.05) is 37.3 Å². The van der Waals surface area contributed by atoms with Crippen molar-refractivity contribution in [1.82, 2.24) is 9.80 Å². The highest BCUT2D eigenvalue weighted by atomic mass is 19.1. The lowest BCUT2D eigenvalue weighted by Gasteiger charge is -2.34. The molecule has 1 N–H and O–H groups in total. The average molecular weight is 428 g/mol. The molecule has 0 bridgehead atoms. The van der Waals surface area contributed by atoms with Crippen LogP contribution in [0.1, 0.15) is 30.6 Å². The Bertz CT molecular complexity index is 888. The van der Waals surface area contributed by atoms with Gasteiger partial charge in [-0.25, -0.2) is 4.39 Å². The van der Waals surface area contributed by atoms with Crippen molar-refractivity contribution in [3.05, 3.63) is 65.5 Å². The summed E-state index contributed by atoms with van der Waals surface area (Å²) in [5.74, 6) is -0.471. The van der Waals surface area contributed by atoms with Gasteiger partial charge in [0.25, 0.3) is 0 Å². The van der Waals surface area contributed by atoms with E-state index in [1.54, 1.807) is 17.0 Å². The van der Waals surface area contributed by atoms with Gasteiger partial charge in [0.1, 0.15) is 11.9 Å². The molecule has 7 heteroatoms. The molecule has 1 unspecified atom stereocenters. The highest BCUT2D eigenvalue weighted by Crippen LogP contribution is 2.22. The maximum Gasteiger partial charge on any atom is 0.238 e. The van der Waals surface area contributed by atoms with Crippen LogP contribution in [-0.2, 0) is 14.3 Å². The van der Waals surface area contributed by atoms with Crippen LogP contribution < -0.4 is 5.32 Å². The molecule has 1 fully saturated rings. The quantitative estimate of drug-likeness (QED) is 0.702. The molecule has 0 aliphatic carbocycles. The number of anilines is 1. The van der Waals surface area contributed by atoms with Crippen LogP contribution in [0.5, 0.6) is 0 Å². The zero-order valence-electron chi connectivity index (χ0n) is 18.1. The Labute approximate surface area is 183 Å². The maximum absolute atomic E-state index is 13.2. The van der Waals surface area contributed by atoms with Gasteiger partial charge in [-0.3, -0.25) is 14.5 Å². The fourth-order valence-electron chi connectivity index (χ4n) is 3.68. The second-order valence-electron chi connectivity index (χ2n) is 7.82. The van der Waals surface area contributed by atoms with Crippen LogP contribution in [-0.4, -0.2) is 60.9 Å². The maximum atomic E-state index is 13.2. The van der Waals surface area contributed by atoms with E-state index in [1.165, 1.54) is 12.1 Å². The predicted octanol–water partition coefficient (Wildman–Crippen LogP) is 3.38. The number of aryl methyl sites for hydroxylation is 1. The van der Waals surface area contributed by atoms with Crippen LogP contribution in [0.25, 0.3) is 0 Å². The minimum absolute atomic E-state index is 0.0347. The molecule has 1 aliphatic rings. The zero-order chi connectivity index (χ0) is 22.2. The summed E-state index contributed by atoms with van der Waals surface area (Å²) >= 11 is 0. The molecular weight excluding hydrogens is 397 g/mol. The number of carbonyl (C=O) groups is 2. The molecule has 0 spiro atoms. The highest BCUT2D eigenvalue weighted by molar-refractivity contribution is 5.93. The molecule has 2 aromatic carbocycles. The van der Waals surface area contributed by atoms with E-state index in [4.69, 9.17) is 4.74 Å². The lowest BCUT2D eigenvalue weighted by Crippen LogP contribution is -2.48. The topological polar surface area (TPSA) is 61.9 Å². The predicted molar refractivity (Wildman–Crippen MR) is 118 cm³/mol. The fourth-order valence-corrected chi connectivity index (χ4v) is 3.68. The van der Waals surface area contributed by atoms with Crippen molar-refractivity contribution in [2.45, 2.75) is 26.4 Å². The minimum atomic E-state index is -0.299. The monoisotopic (exact) mass is 427 g/mol. The van der Waals surface area contributed by atoms with Crippen molar-refractivity contribution in [1.29, 1.82) is 0 Å². The van der Waals surface area contributed by atoms with Crippen LogP contribution in [0, 0.1) is 12.7 Å². The summed E-state index contributed by atoms with van der Waals surface area (Å²) in [4.78, 5) is 29.1. The summed E-state index contributed by atoms with van der Waals surface area (Å²) < 4.78 is 19.0. The Kier molecular flexibility index (Phi) is 8.14. The van der Waals surface area contributed by atoms with Gasteiger partial charge >= 0.3 is 0 Å². The second kappa shape index (κ2) is 11.0. The number of para-hydroxylation sites is 1. The molecule has 0 radical (unpaired) electrons. The van der Waals surface area contributed by atoms with E-state index >= 15 is 0 Å². The Hall–Kier alpha value is -2.77. The molecule has 2 amide bonds. The summed E-state index contributed by atoms with van der Waals surface area (Å²) in [5, 5.41) is 2.93. The van der Waals surface area contributed by atoms with E-state index in [0.717, 1.165) is 23.2 Å². The average Bonchev–Trinajstić information content (AvgIpc) is 2.76. The van der Waals surface area contributed by atoms with Gasteiger partial charge in [0.2, 0.25) is 11.8 Å². The van der Waals surface area contributed by atoms with Crippen LogP contribution in [0.2, 0.25) is 0 Å². The zero-order valence-corrected chi connectivity index (χ0v) is 18.1. The Balaban J connectivity index is 1.57. The van der Waals surface area contributed by atoms with Gasteiger partial charge < -0.3 is 15.0 Å². The van der Waals surface area contributed by atoms with E-state index < -0.39 is 0 Å². The SMILES string of the molecule is CCCN(CC(=O)Nc1ccccc1C)CC(=O)N1CCOC(c2ccc(F)cc2)C1. The van der Waals surface area contributed by atoms with Gasteiger partial charge in [-0.2, -0.15) is 0 Å². The van der Waals surface area contributed by atoms with Crippen LogP contribution >= 0.6 is 0 Å². The first-order valence-corrected chi connectivity index (χ1v) is 10.7. The third kappa shape index (κ3) is 6.60. The molecule has 1 atom stereocenters. The largest absolute Gasteiger partial charge is 0.370 e. The Morgan fingerprint density at radius 2 is 1.90 bits per heavy atom. The van der Waals surface area contributed by atoms with Gasteiger partial charge in [0.05, 0.1) is 26.2 Å². The third-order valence-corrected chi connectivity index (χ3v) is 5.35. The van der Waals surface area contributed by atoms with Gasteiger partial charge in [-0.05, 0) is 49.2 Å². The van der Waals surface area contributed by atoms with Crippen molar-refractivity contribution < 1.29 is 18.7 Å². The van der Waals surface area contributed by atoms with Crippen molar-refractivity contribution in [2.75, 3.05) is 44.6 Å². The first-order chi connectivity index (χ1) is 15.0. The standard InChI is InChI=1S/C24H30FN3O3/c1-3-12-27(16-23(29)26-21-7-5-4-6-18(21)2)17-24(30)28-13-14-31-22(15-28)19-8-10-20(25)11-9-19/h4-11,22H,3,12-17H2,1-2H3,(H,26,29). The third-order valence-electron chi connectivity index (χ3n) is 5.35. The van der Waals surface area contributed by atoms with Crippen LogP contribution in [0.15, 0.2) is 48.5 Å². The number of morpholine rings is 1. The molecule has 166 valence electrons. The number of rotatable bonds is 8. The lowest BCUT2D eigenvalue weighted by molar-refractivity contribution is -0.140. The van der Waals surface area contributed by atoms with Crippen molar-refractivity contribution in [3.63, 3.8) is 0 Å². The minimum Gasteiger partial charge on any atom is -0.370 e. The van der Waals surface area contributed by atoms with Crippen LogP contribution in [0.3, 0.4) is 0 Å². The second-order valence-corrected chi connectivity index (χ2v) is 7.82. The molecule has 1 aliphatic heterocycles. The summed E-state index contributed by atoms with van der Waals surface area (Å²) in [7, 11) is 0. The summed E-state index contributed by atoms with van der Waals surface area (Å²) in [6, 6.07) is 13.8. The number of amides is 2. The number of halogens is 1. The normalized spacial score (nSPS) is 16.4. The van der Waals surface area contributed by atoms with E-state index in [9.17, 15) is 14.0 Å². The number of benzene rings is 2. The van der Waals surface area contributed by atoms with Crippen molar-refractivity contribution >= 4 is 17.5 Å². The summed E-state index contributed by atoms with van der Waals surface area (Å²) in [5.41, 5.74) is 2.63. The molecular formula is C24H30FN3O3. The number of nitrogens with zero attached hydrogens (tertiary/aromatic N) is 2. The first kappa shape index (κ1) is 22.9. The van der Waals surface area contributed by atoms with E-state index in [-0.39, 0.29) is 36.8 Å². The summed E-state index contributed by atoms with van der Waals surface area (Å²) in [6.07, 6.45) is 0.564. The number of nitrogens with one attached hydrogen (secondary N) is 1. The molecule has 31 heavy (non-hydrogen) atoms. The molecule has 2 aromatic rings. The van der Waals surface area contributed by atoms with E-state index in [1.807, 2.05) is 43.0 Å². The van der Waals surface area contributed by atoms with E-state index in [0.29, 0.717) is 26.2 Å². The molecule has 1 saturated heterocycles. The fraction of sp³-hybridized carbons (Fsp3) is 0.417. The molecule has 0 saturated carbocycles. The van der Waals surface area contributed by atoms with E-state index in [2.05, 4.69) is 5.32 Å².